The Hall–Kier alpha value is -3.15. The van der Waals surface area contributed by atoms with Gasteiger partial charge in [0.25, 0.3) is 0 Å². The largest absolute Gasteiger partial charge is 0.462 e. The molecule has 6 heteroatoms. The molecule has 0 aliphatic heterocycles. The predicted molar refractivity (Wildman–Crippen MR) is 288 cm³/mol. The summed E-state index contributed by atoms with van der Waals surface area (Å²) in [6.07, 6.45) is 70.4. The molecule has 0 aromatic rings. The van der Waals surface area contributed by atoms with Crippen LogP contribution in [-0.4, -0.2) is 37.2 Å². The third-order valence-corrected chi connectivity index (χ3v) is 12.2. The summed E-state index contributed by atoms with van der Waals surface area (Å²) in [5, 5.41) is 0. The number of hydrogen-bond donors (Lipinski definition) is 0. The first-order valence-corrected chi connectivity index (χ1v) is 28.4. The molecule has 0 fully saturated rings. The minimum atomic E-state index is -0.802. The summed E-state index contributed by atoms with van der Waals surface area (Å²) in [6.45, 7) is 6.49. The fourth-order valence-corrected chi connectivity index (χ4v) is 8.00. The van der Waals surface area contributed by atoms with Crippen LogP contribution in [0.2, 0.25) is 0 Å². The van der Waals surface area contributed by atoms with Gasteiger partial charge in [-0.3, -0.25) is 14.4 Å². The number of allylic oxidation sites excluding steroid dienone is 12. The van der Waals surface area contributed by atoms with E-state index >= 15 is 0 Å². The molecule has 0 heterocycles. The number of carbonyl (C=O) groups is 3. The molecular formula is C61H106O6. The van der Waals surface area contributed by atoms with Crippen molar-refractivity contribution in [3.63, 3.8) is 0 Å². The van der Waals surface area contributed by atoms with E-state index in [9.17, 15) is 14.4 Å². The molecule has 0 rings (SSSR count). The maximum absolute atomic E-state index is 12.8. The molecule has 0 aromatic heterocycles. The number of hydrogen-bond acceptors (Lipinski definition) is 6. The van der Waals surface area contributed by atoms with Gasteiger partial charge in [0.1, 0.15) is 13.2 Å². The summed E-state index contributed by atoms with van der Waals surface area (Å²) < 4.78 is 16.8. The fraction of sp³-hybridized carbons (Fsp3) is 0.754. The zero-order valence-corrected chi connectivity index (χ0v) is 44.2. The first-order chi connectivity index (χ1) is 33.0. The van der Waals surface area contributed by atoms with E-state index in [4.69, 9.17) is 14.2 Å². The smallest absolute Gasteiger partial charge is 0.306 e. The van der Waals surface area contributed by atoms with E-state index < -0.39 is 6.10 Å². The second kappa shape index (κ2) is 55.4. The van der Waals surface area contributed by atoms with Gasteiger partial charge >= 0.3 is 17.9 Å². The predicted octanol–water partition coefficient (Wildman–Crippen LogP) is 19.0. The van der Waals surface area contributed by atoms with Crippen LogP contribution in [0.1, 0.15) is 278 Å². The third-order valence-electron chi connectivity index (χ3n) is 12.2. The fourth-order valence-electron chi connectivity index (χ4n) is 8.00. The molecule has 0 aliphatic carbocycles. The Bertz CT molecular complexity index is 1260. The second-order valence-corrected chi connectivity index (χ2v) is 18.8. The molecule has 1 atom stereocenters. The van der Waals surface area contributed by atoms with Crippen molar-refractivity contribution in [2.24, 2.45) is 0 Å². The number of rotatable bonds is 51. The van der Waals surface area contributed by atoms with Crippen LogP contribution < -0.4 is 0 Å². The summed E-state index contributed by atoms with van der Waals surface area (Å²) in [5.41, 5.74) is 0. The summed E-state index contributed by atoms with van der Waals surface area (Å²) in [7, 11) is 0. The van der Waals surface area contributed by atoms with Crippen molar-refractivity contribution in [1.82, 2.24) is 0 Å². The van der Waals surface area contributed by atoms with Crippen molar-refractivity contribution >= 4 is 17.9 Å². The molecule has 0 unspecified atom stereocenters. The zero-order chi connectivity index (χ0) is 48.6. The first kappa shape index (κ1) is 63.8. The molecule has 0 aliphatic rings. The van der Waals surface area contributed by atoms with Gasteiger partial charge in [0, 0.05) is 19.3 Å². The van der Waals surface area contributed by atoms with Gasteiger partial charge in [-0.15, -0.1) is 0 Å². The lowest BCUT2D eigenvalue weighted by Gasteiger charge is -2.18. The van der Waals surface area contributed by atoms with Crippen molar-refractivity contribution in [3.05, 3.63) is 72.9 Å². The highest BCUT2D eigenvalue weighted by Crippen LogP contribution is 2.16. The molecule has 0 amide bonds. The van der Waals surface area contributed by atoms with Crippen molar-refractivity contribution in [2.75, 3.05) is 13.2 Å². The van der Waals surface area contributed by atoms with Gasteiger partial charge in [0.2, 0.25) is 0 Å². The average Bonchev–Trinajstić information content (AvgIpc) is 3.33. The molecule has 67 heavy (non-hydrogen) atoms. The highest BCUT2D eigenvalue weighted by molar-refractivity contribution is 5.71. The lowest BCUT2D eigenvalue weighted by Crippen LogP contribution is -2.30. The monoisotopic (exact) mass is 935 g/mol. The van der Waals surface area contributed by atoms with Crippen LogP contribution in [0.3, 0.4) is 0 Å². The maximum atomic E-state index is 12.8. The summed E-state index contributed by atoms with van der Waals surface area (Å²) in [5.74, 6) is -0.971. The highest BCUT2D eigenvalue weighted by atomic mass is 16.6. The Kier molecular flexibility index (Phi) is 52.8. The van der Waals surface area contributed by atoms with Gasteiger partial charge in [-0.25, -0.2) is 0 Å². The lowest BCUT2D eigenvalue weighted by atomic mass is 10.0. The Morgan fingerprint density at radius 3 is 0.910 bits per heavy atom. The maximum Gasteiger partial charge on any atom is 0.306 e. The van der Waals surface area contributed by atoms with Crippen LogP contribution in [0, 0.1) is 0 Å². The molecule has 0 bridgehead atoms. The molecule has 0 radical (unpaired) electrons. The summed E-state index contributed by atoms with van der Waals surface area (Å²) in [6, 6.07) is 0. The molecule has 6 nitrogen and oxygen atoms in total. The lowest BCUT2D eigenvalue weighted by molar-refractivity contribution is -0.166. The zero-order valence-electron chi connectivity index (χ0n) is 44.2. The van der Waals surface area contributed by atoms with Crippen LogP contribution in [0.25, 0.3) is 0 Å². The summed E-state index contributed by atoms with van der Waals surface area (Å²) in [4.78, 5) is 38.1. The first-order valence-electron chi connectivity index (χ1n) is 28.4. The molecule has 0 aromatic carbocycles. The van der Waals surface area contributed by atoms with Crippen LogP contribution in [-0.2, 0) is 28.6 Å². The van der Waals surface area contributed by atoms with Crippen LogP contribution >= 0.6 is 0 Å². The second-order valence-electron chi connectivity index (χ2n) is 18.8. The van der Waals surface area contributed by atoms with E-state index in [2.05, 4.69) is 87.6 Å². The molecule has 0 N–H and O–H groups in total. The third kappa shape index (κ3) is 53.7. The van der Waals surface area contributed by atoms with Gasteiger partial charge in [-0.1, -0.05) is 273 Å². The molecule has 386 valence electrons. The quantitative estimate of drug-likeness (QED) is 0.0262. The molecule has 0 saturated carbocycles. The Morgan fingerprint density at radius 1 is 0.313 bits per heavy atom. The van der Waals surface area contributed by atoms with Gasteiger partial charge in [0.15, 0.2) is 6.10 Å². The highest BCUT2D eigenvalue weighted by Gasteiger charge is 2.19. The average molecular weight is 936 g/mol. The van der Waals surface area contributed by atoms with Crippen LogP contribution in [0.4, 0.5) is 0 Å². The number of ether oxygens (including phenoxy) is 3. The SMILES string of the molecule is CC/C=C\C/C=C\C/C=C\C/C=C\C/C=C\C/C=C\CCC(=O)OC[C@@H](COC(=O)CCCCCCCCCCCCCCCC)OC(=O)CCCCCCCCCCCCCCCCCC. The Balaban J connectivity index is 4.46. The number of carbonyl (C=O) groups excluding carboxylic acids is 3. The van der Waals surface area contributed by atoms with E-state index in [0.717, 1.165) is 77.0 Å². The van der Waals surface area contributed by atoms with Crippen molar-refractivity contribution in [2.45, 2.75) is 284 Å². The van der Waals surface area contributed by atoms with E-state index in [1.54, 1.807) is 0 Å². The number of unbranched alkanes of at least 4 members (excludes halogenated alkanes) is 28. The standard InChI is InChI=1S/C61H106O6/c1-4-7-10-13-16-19-22-25-28-30-31-32-34-36-39-42-45-48-51-54-60(63)66-57-58(56-65-59(62)53-50-47-44-41-38-35-27-24-21-18-15-12-9-6-3)67-61(64)55-52-49-46-43-40-37-33-29-26-23-20-17-14-11-8-5-2/h7,10,16,19,25,28,31-32,36,39,45,48,58H,4-6,8-9,11-15,17-18,20-24,26-27,29-30,33-35,37-38,40-44,46-47,49-57H2,1-3H3/b10-7-,19-16-,28-25-,32-31-,39-36-,48-45-/t58-/m1/s1. The van der Waals surface area contributed by atoms with E-state index in [0.29, 0.717) is 19.3 Å². The topological polar surface area (TPSA) is 78.9 Å². The molecule has 0 spiro atoms. The van der Waals surface area contributed by atoms with Gasteiger partial charge in [0.05, 0.1) is 0 Å². The van der Waals surface area contributed by atoms with E-state index in [-0.39, 0.29) is 37.5 Å². The van der Waals surface area contributed by atoms with Gasteiger partial charge in [-0.05, 0) is 57.8 Å². The normalized spacial score (nSPS) is 12.6. The summed E-state index contributed by atoms with van der Waals surface area (Å²) >= 11 is 0. The number of esters is 3. The van der Waals surface area contributed by atoms with E-state index in [1.165, 1.54) is 154 Å². The van der Waals surface area contributed by atoms with Crippen molar-refractivity contribution in [3.8, 4) is 0 Å². The Labute approximate surface area is 414 Å². The minimum Gasteiger partial charge on any atom is -0.462 e. The van der Waals surface area contributed by atoms with Crippen molar-refractivity contribution < 1.29 is 28.6 Å². The van der Waals surface area contributed by atoms with Crippen LogP contribution in [0.5, 0.6) is 0 Å². The molecule has 0 saturated heterocycles. The van der Waals surface area contributed by atoms with Crippen molar-refractivity contribution in [1.29, 1.82) is 0 Å². The molecular weight excluding hydrogens is 829 g/mol. The van der Waals surface area contributed by atoms with Gasteiger partial charge in [-0.2, -0.15) is 0 Å². The Morgan fingerprint density at radius 2 is 0.582 bits per heavy atom. The van der Waals surface area contributed by atoms with Crippen LogP contribution in [0.15, 0.2) is 72.9 Å². The van der Waals surface area contributed by atoms with E-state index in [1.807, 2.05) is 6.08 Å². The minimum absolute atomic E-state index is 0.0947. The van der Waals surface area contributed by atoms with Gasteiger partial charge < -0.3 is 14.2 Å².